The normalized spacial score (nSPS) is 14.1. The Morgan fingerprint density at radius 3 is 2.71 bits per heavy atom. The number of nitrogens with one attached hydrogen (secondary N) is 1. The highest BCUT2D eigenvalue weighted by molar-refractivity contribution is 5.39. The fourth-order valence-electron chi connectivity index (χ4n) is 1.89. The Kier molecular flexibility index (Phi) is 3.00. The zero-order valence-electron chi connectivity index (χ0n) is 8.72. The van der Waals surface area contributed by atoms with E-state index in [0.717, 1.165) is 13.0 Å². The quantitative estimate of drug-likeness (QED) is 0.738. The van der Waals surface area contributed by atoms with Crippen molar-refractivity contribution in [2.75, 3.05) is 13.6 Å². The lowest BCUT2D eigenvalue weighted by atomic mass is 10.0. The second kappa shape index (κ2) is 4.43. The van der Waals surface area contributed by atoms with Gasteiger partial charge in [0.05, 0.1) is 0 Å². The molecule has 0 atom stereocenters. The van der Waals surface area contributed by atoms with Crippen molar-refractivity contribution < 1.29 is 0 Å². The van der Waals surface area contributed by atoms with Gasteiger partial charge in [-0.15, -0.1) is 0 Å². The topological polar surface area (TPSA) is 12.0 Å². The van der Waals surface area contributed by atoms with Gasteiger partial charge in [0.2, 0.25) is 0 Å². The molecule has 2 rings (SSSR count). The van der Waals surface area contributed by atoms with E-state index in [1.807, 2.05) is 7.05 Å². The minimum absolute atomic E-state index is 1.06. The summed E-state index contributed by atoms with van der Waals surface area (Å²) in [6.07, 6.45) is 8.19. The first-order valence-corrected chi connectivity index (χ1v) is 5.34. The van der Waals surface area contributed by atoms with E-state index >= 15 is 0 Å². The highest BCUT2D eigenvalue weighted by Gasteiger charge is 1.95. The summed E-state index contributed by atoms with van der Waals surface area (Å²) in [5.41, 5.74) is 1.43. The highest BCUT2D eigenvalue weighted by Crippen LogP contribution is 1.98. The molecule has 0 fully saturated rings. The molecule has 0 amide bonds. The third-order valence-electron chi connectivity index (χ3n) is 2.71. The fraction of sp³-hybridized carbons (Fsp3) is 0.385. The molecule has 1 aromatic rings. The van der Waals surface area contributed by atoms with Crippen molar-refractivity contribution in [2.45, 2.75) is 19.3 Å². The van der Waals surface area contributed by atoms with Crippen LogP contribution in [0.3, 0.4) is 0 Å². The molecule has 0 unspecified atom stereocenters. The monoisotopic (exact) mass is 187 g/mol. The fourth-order valence-corrected chi connectivity index (χ4v) is 1.89. The van der Waals surface area contributed by atoms with Gasteiger partial charge in [0.25, 0.3) is 0 Å². The minimum Gasteiger partial charge on any atom is -0.319 e. The molecule has 0 saturated carbocycles. The number of rotatable bonds is 3. The molecule has 1 aliphatic rings. The average Bonchev–Trinajstić information content (AvgIpc) is 2.26. The predicted molar refractivity (Wildman–Crippen MR) is 61.5 cm³/mol. The second-order valence-corrected chi connectivity index (χ2v) is 3.80. The largest absolute Gasteiger partial charge is 0.319 e. The first-order chi connectivity index (χ1) is 6.90. The Hall–Kier alpha value is -1.08. The number of likely N-dealkylation sites (N-methyl/N-ethyl adjacent to an activating group) is 1. The summed E-state index contributed by atoms with van der Waals surface area (Å²) >= 11 is 0. The van der Waals surface area contributed by atoms with Gasteiger partial charge in [0.1, 0.15) is 0 Å². The minimum atomic E-state index is 1.06. The summed E-state index contributed by atoms with van der Waals surface area (Å²) in [6.45, 7) is 1.06. The van der Waals surface area contributed by atoms with E-state index in [9.17, 15) is 0 Å². The Balaban J connectivity index is 2.30. The molecule has 0 aromatic heterocycles. The molecule has 0 heterocycles. The molecule has 0 saturated heterocycles. The predicted octanol–water partition coefficient (Wildman–Crippen LogP) is 0.803. The van der Waals surface area contributed by atoms with Crippen molar-refractivity contribution in [3.63, 3.8) is 0 Å². The van der Waals surface area contributed by atoms with E-state index in [1.165, 1.54) is 28.8 Å². The Bertz CT molecular complexity index is 417. The van der Waals surface area contributed by atoms with Gasteiger partial charge in [0, 0.05) is 0 Å². The van der Waals surface area contributed by atoms with Crippen molar-refractivity contribution in [1.82, 2.24) is 5.32 Å². The molecule has 1 N–H and O–H groups in total. The molecule has 1 heteroatoms. The summed E-state index contributed by atoms with van der Waals surface area (Å²) in [5, 5.41) is 6.01. The maximum absolute atomic E-state index is 3.18. The van der Waals surface area contributed by atoms with Crippen LogP contribution < -0.4 is 15.8 Å². The van der Waals surface area contributed by atoms with Crippen molar-refractivity contribution in [3.05, 3.63) is 34.2 Å². The van der Waals surface area contributed by atoms with Crippen LogP contribution in [0.5, 0.6) is 0 Å². The summed E-state index contributed by atoms with van der Waals surface area (Å²) in [5.74, 6) is 0. The van der Waals surface area contributed by atoms with E-state index < -0.39 is 0 Å². The zero-order valence-corrected chi connectivity index (χ0v) is 8.72. The van der Waals surface area contributed by atoms with Gasteiger partial charge >= 0.3 is 0 Å². The SMILES string of the molecule is CNCCc1ccc2c(c1)=CCCC=2. The van der Waals surface area contributed by atoms with Crippen molar-refractivity contribution in [1.29, 1.82) is 0 Å². The maximum Gasteiger partial charge on any atom is -0.00114 e. The Labute approximate surface area is 85.2 Å². The summed E-state index contributed by atoms with van der Waals surface area (Å²) in [4.78, 5) is 0. The van der Waals surface area contributed by atoms with Crippen LogP contribution in [-0.4, -0.2) is 13.6 Å². The smallest absolute Gasteiger partial charge is 0.00114 e. The molecular weight excluding hydrogens is 170 g/mol. The zero-order chi connectivity index (χ0) is 9.80. The van der Waals surface area contributed by atoms with E-state index in [4.69, 9.17) is 0 Å². The van der Waals surface area contributed by atoms with E-state index in [-0.39, 0.29) is 0 Å². The molecule has 1 nitrogen and oxygen atoms in total. The van der Waals surface area contributed by atoms with Crippen molar-refractivity contribution in [3.8, 4) is 0 Å². The highest BCUT2D eigenvalue weighted by atomic mass is 14.8. The lowest BCUT2D eigenvalue weighted by molar-refractivity contribution is 0.791. The Morgan fingerprint density at radius 2 is 1.93 bits per heavy atom. The van der Waals surface area contributed by atoms with Gasteiger partial charge in [-0.3, -0.25) is 0 Å². The van der Waals surface area contributed by atoms with Crippen LogP contribution in [0.4, 0.5) is 0 Å². The number of hydrogen-bond donors (Lipinski definition) is 1. The van der Waals surface area contributed by atoms with Crippen LogP contribution in [0, 0.1) is 0 Å². The Morgan fingerprint density at radius 1 is 1.14 bits per heavy atom. The third kappa shape index (κ3) is 2.05. The summed E-state index contributed by atoms with van der Waals surface area (Å²) in [7, 11) is 2.00. The van der Waals surface area contributed by atoms with Crippen molar-refractivity contribution >= 4 is 12.2 Å². The molecule has 14 heavy (non-hydrogen) atoms. The van der Waals surface area contributed by atoms with Gasteiger partial charge in [-0.25, -0.2) is 0 Å². The van der Waals surface area contributed by atoms with Crippen LogP contribution in [0.15, 0.2) is 18.2 Å². The van der Waals surface area contributed by atoms with Crippen LogP contribution in [0.2, 0.25) is 0 Å². The van der Waals surface area contributed by atoms with E-state index in [2.05, 4.69) is 35.7 Å². The summed E-state index contributed by atoms with van der Waals surface area (Å²) < 4.78 is 0. The van der Waals surface area contributed by atoms with Crippen LogP contribution in [-0.2, 0) is 6.42 Å². The van der Waals surface area contributed by atoms with Crippen LogP contribution >= 0.6 is 0 Å². The van der Waals surface area contributed by atoms with Gasteiger partial charge in [-0.1, -0.05) is 30.4 Å². The standard InChI is InChI=1S/C13H17N/c1-14-9-8-11-6-7-12-4-2-3-5-13(12)10-11/h4-7,10,14H,2-3,8-9H2,1H3. The van der Waals surface area contributed by atoms with Gasteiger partial charge in [0.15, 0.2) is 0 Å². The molecule has 0 spiro atoms. The first kappa shape index (κ1) is 9.47. The van der Waals surface area contributed by atoms with Crippen LogP contribution in [0.25, 0.3) is 12.2 Å². The molecule has 0 aliphatic heterocycles. The average molecular weight is 187 g/mol. The van der Waals surface area contributed by atoms with E-state index in [0.29, 0.717) is 0 Å². The first-order valence-electron chi connectivity index (χ1n) is 5.34. The maximum atomic E-state index is 3.18. The molecule has 1 aromatic carbocycles. The summed E-state index contributed by atoms with van der Waals surface area (Å²) in [6, 6.07) is 6.81. The van der Waals surface area contributed by atoms with Crippen molar-refractivity contribution in [2.24, 2.45) is 0 Å². The van der Waals surface area contributed by atoms with Crippen LogP contribution in [0.1, 0.15) is 18.4 Å². The lowest BCUT2D eigenvalue weighted by Crippen LogP contribution is -2.27. The molecular formula is C13H17N. The molecule has 1 aliphatic carbocycles. The number of fused-ring (bicyclic) bond motifs is 1. The molecule has 0 bridgehead atoms. The molecule has 0 radical (unpaired) electrons. The number of hydrogen-bond acceptors (Lipinski definition) is 1. The van der Waals surface area contributed by atoms with Gasteiger partial charge in [-0.05, 0) is 48.9 Å². The second-order valence-electron chi connectivity index (χ2n) is 3.80. The van der Waals surface area contributed by atoms with Gasteiger partial charge < -0.3 is 5.32 Å². The number of benzene rings is 1. The lowest BCUT2D eigenvalue weighted by Gasteiger charge is -2.03. The van der Waals surface area contributed by atoms with E-state index in [1.54, 1.807) is 0 Å². The van der Waals surface area contributed by atoms with Gasteiger partial charge in [-0.2, -0.15) is 0 Å². The third-order valence-corrected chi connectivity index (χ3v) is 2.71. The molecule has 74 valence electrons.